The quantitative estimate of drug-likeness (QED) is 0.751. The first-order valence-corrected chi connectivity index (χ1v) is 4.93. The summed E-state index contributed by atoms with van der Waals surface area (Å²) in [6, 6.07) is -2.05. The van der Waals surface area contributed by atoms with Crippen molar-refractivity contribution in [3.8, 4) is 0 Å². The highest BCUT2D eigenvalue weighted by atomic mass is 32.2. The first-order valence-electron chi connectivity index (χ1n) is 3.43. The van der Waals surface area contributed by atoms with Crippen LogP contribution in [0.15, 0.2) is 0 Å². The molecule has 1 unspecified atom stereocenters. The van der Waals surface area contributed by atoms with E-state index in [1.54, 1.807) is 0 Å². The second kappa shape index (κ2) is 3.81. The van der Waals surface area contributed by atoms with Gasteiger partial charge in [0.2, 0.25) is 0 Å². The van der Waals surface area contributed by atoms with Gasteiger partial charge in [0.1, 0.15) is 6.04 Å². The van der Waals surface area contributed by atoms with E-state index < -0.39 is 22.4 Å². The normalized spacial score (nSPS) is 16.2. The van der Waals surface area contributed by atoms with Crippen molar-refractivity contribution in [2.24, 2.45) is 5.14 Å². The predicted octanol–water partition coefficient (Wildman–Crippen LogP) is 0.463. The van der Waals surface area contributed by atoms with Crippen LogP contribution in [0.3, 0.4) is 0 Å². The number of halogens is 3. The summed E-state index contributed by atoms with van der Waals surface area (Å²) in [6.45, 7) is 1.24. The van der Waals surface area contributed by atoms with Crippen LogP contribution in [0.5, 0.6) is 0 Å². The summed E-state index contributed by atoms with van der Waals surface area (Å²) in [7, 11) is -3.48. The minimum atomic E-state index is -4.59. The van der Waals surface area contributed by atoms with E-state index in [4.69, 9.17) is 0 Å². The molecule has 0 bridgehead atoms. The van der Waals surface area contributed by atoms with Crippen LogP contribution < -0.4 is 5.14 Å². The van der Waals surface area contributed by atoms with Crippen molar-refractivity contribution in [3.05, 3.63) is 0 Å². The van der Waals surface area contributed by atoms with Crippen molar-refractivity contribution in [3.63, 3.8) is 0 Å². The standard InChI is InChI=1S/C5H11F3N2O2S/c1-3-4(5(6,7)8)10(2)13(9,11)12/h4H,3H2,1-2H3,(H2,9,11,12). The van der Waals surface area contributed by atoms with Gasteiger partial charge in [-0.25, -0.2) is 5.14 Å². The van der Waals surface area contributed by atoms with Gasteiger partial charge in [-0.05, 0) is 6.42 Å². The van der Waals surface area contributed by atoms with Crippen molar-refractivity contribution in [1.29, 1.82) is 0 Å². The maximum Gasteiger partial charge on any atom is 0.405 e. The van der Waals surface area contributed by atoms with Gasteiger partial charge >= 0.3 is 6.18 Å². The maximum atomic E-state index is 12.1. The van der Waals surface area contributed by atoms with Crippen molar-refractivity contribution < 1.29 is 21.6 Å². The molecule has 0 aliphatic heterocycles. The molecule has 0 aromatic rings. The number of rotatable bonds is 3. The Labute approximate surface area is 74.7 Å². The Hall–Kier alpha value is -0.340. The topological polar surface area (TPSA) is 63.4 Å². The summed E-state index contributed by atoms with van der Waals surface area (Å²) in [5.41, 5.74) is 0. The van der Waals surface area contributed by atoms with E-state index in [2.05, 4.69) is 5.14 Å². The second-order valence-corrected chi connectivity index (χ2v) is 4.13. The van der Waals surface area contributed by atoms with Gasteiger partial charge in [0.05, 0.1) is 0 Å². The third-order valence-electron chi connectivity index (χ3n) is 1.60. The number of nitrogens with zero attached hydrogens (tertiary/aromatic N) is 1. The number of nitrogens with two attached hydrogens (primary N) is 1. The lowest BCUT2D eigenvalue weighted by molar-refractivity contribution is -0.169. The SMILES string of the molecule is CCC(N(C)S(N)(=O)=O)C(F)(F)F. The molecule has 4 nitrogen and oxygen atoms in total. The second-order valence-electron chi connectivity index (χ2n) is 2.53. The van der Waals surface area contributed by atoms with Crippen LogP contribution in [0.2, 0.25) is 0 Å². The highest BCUT2D eigenvalue weighted by Gasteiger charge is 2.44. The molecular formula is C5H11F3N2O2S. The molecule has 8 heteroatoms. The monoisotopic (exact) mass is 220 g/mol. The fourth-order valence-electron chi connectivity index (χ4n) is 0.872. The van der Waals surface area contributed by atoms with E-state index in [-0.39, 0.29) is 10.7 Å². The minimum Gasteiger partial charge on any atom is -0.216 e. The molecule has 0 heterocycles. The van der Waals surface area contributed by atoms with E-state index in [1.807, 2.05) is 0 Å². The van der Waals surface area contributed by atoms with Gasteiger partial charge in [-0.2, -0.15) is 25.9 Å². The van der Waals surface area contributed by atoms with E-state index in [9.17, 15) is 21.6 Å². The van der Waals surface area contributed by atoms with Gasteiger partial charge in [0.25, 0.3) is 10.2 Å². The Morgan fingerprint density at radius 1 is 1.46 bits per heavy atom. The summed E-state index contributed by atoms with van der Waals surface area (Å²) in [5.74, 6) is 0. The van der Waals surface area contributed by atoms with Gasteiger partial charge in [0, 0.05) is 7.05 Å². The van der Waals surface area contributed by atoms with E-state index >= 15 is 0 Å². The largest absolute Gasteiger partial charge is 0.405 e. The molecule has 13 heavy (non-hydrogen) atoms. The summed E-state index contributed by atoms with van der Waals surface area (Å²) in [5, 5.41) is 4.55. The lowest BCUT2D eigenvalue weighted by atomic mass is 10.2. The van der Waals surface area contributed by atoms with Crippen molar-refractivity contribution >= 4 is 10.2 Å². The Morgan fingerprint density at radius 2 is 1.85 bits per heavy atom. The van der Waals surface area contributed by atoms with E-state index in [1.165, 1.54) is 6.92 Å². The van der Waals surface area contributed by atoms with Crippen LogP contribution in [0.25, 0.3) is 0 Å². The predicted molar refractivity (Wildman–Crippen MR) is 41.0 cm³/mol. The van der Waals surface area contributed by atoms with Gasteiger partial charge in [-0.15, -0.1) is 0 Å². The van der Waals surface area contributed by atoms with Crippen LogP contribution >= 0.6 is 0 Å². The highest BCUT2D eigenvalue weighted by Crippen LogP contribution is 2.26. The van der Waals surface area contributed by atoms with E-state index in [0.29, 0.717) is 0 Å². The molecular weight excluding hydrogens is 209 g/mol. The first-order chi connectivity index (χ1) is 5.60. The zero-order valence-electron chi connectivity index (χ0n) is 7.17. The molecule has 80 valence electrons. The van der Waals surface area contributed by atoms with Crippen LogP contribution in [-0.4, -0.2) is 32.0 Å². The van der Waals surface area contributed by atoms with Crippen LogP contribution in [0.1, 0.15) is 13.3 Å². The molecule has 0 rings (SSSR count). The Bertz CT molecular complexity index is 261. The van der Waals surface area contributed by atoms with Crippen LogP contribution in [-0.2, 0) is 10.2 Å². The number of hydrogen-bond donors (Lipinski definition) is 1. The summed E-state index contributed by atoms with van der Waals surface area (Å²) < 4.78 is 57.7. The fourth-order valence-corrected chi connectivity index (χ4v) is 1.50. The average molecular weight is 220 g/mol. The third-order valence-corrected chi connectivity index (χ3v) is 2.66. The number of alkyl halides is 3. The molecule has 0 saturated heterocycles. The molecule has 2 N–H and O–H groups in total. The third kappa shape index (κ3) is 3.49. The van der Waals surface area contributed by atoms with Gasteiger partial charge in [-0.3, -0.25) is 0 Å². The Balaban J connectivity index is 4.82. The van der Waals surface area contributed by atoms with Crippen LogP contribution in [0, 0.1) is 0 Å². The van der Waals surface area contributed by atoms with Crippen molar-refractivity contribution in [2.45, 2.75) is 25.6 Å². The van der Waals surface area contributed by atoms with Crippen LogP contribution in [0.4, 0.5) is 13.2 Å². The maximum absolute atomic E-state index is 12.1. The molecule has 0 fully saturated rings. The van der Waals surface area contributed by atoms with E-state index in [0.717, 1.165) is 7.05 Å². The minimum absolute atomic E-state index is 0.118. The fraction of sp³-hybridized carbons (Fsp3) is 1.00. The molecule has 0 radical (unpaired) electrons. The molecule has 0 aromatic carbocycles. The molecule has 0 aromatic heterocycles. The van der Waals surface area contributed by atoms with Gasteiger partial charge in [-0.1, -0.05) is 6.92 Å². The molecule has 0 saturated carbocycles. The highest BCUT2D eigenvalue weighted by molar-refractivity contribution is 7.86. The first kappa shape index (κ1) is 12.7. The zero-order valence-corrected chi connectivity index (χ0v) is 7.98. The molecule has 0 aliphatic carbocycles. The average Bonchev–Trinajstić information content (AvgIpc) is 1.83. The summed E-state index contributed by atoms with van der Waals surface area (Å²) in [4.78, 5) is 0. The Morgan fingerprint density at radius 3 is 1.92 bits per heavy atom. The Kier molecular flexibility index (Phi) is 3.71. The van der Waals surface area contributed by atoms with Gasteiger partial charge < -0.3 is 0 Å². The lowest BCUT2D eigenvalue weighted by Crippen LogP contribution is -2.48. The van der Waals surface area contributed by atoms with Gasteiger partial charge in [0.15, 0.2) is 0 Å². The summed E-state index contributed by atoms with van der Waals surface area (Å²) >= 11 is 0. The number of hydrogen-bond acceptors (Lipinski definition) is 2. The molecule has 0 amide bonds. The zero-order chi connectivity index (χ0) is 10.9. The van der Waals surface area contributed by atoms with Crippen molar-refractivity contribution in [2.75, 3.05) is 7.05 Å². The molecule has 0 spiro atoms. The molecule has 1 atom stereocenters. The van der Waals surface area contributed by atoms with Crippen molar-refractivity contribution in [1.82, 2.24) is 4.31 Å². The lowest BCUT2D eigenvalue weighted by Gasteiger charge is -2.26. The smallest absolute Gasteiger partial charge is 0.216 e. The summed E-state index contributed by atoms with van der Waals surface area (Å²) in [6.07, 6.45) is -4.95. The molecule has 0 aliphatic rings.